The van der Waals surface area contributed by atoms with Crippen molar-refractivity contribution in [2.75, 3.05) is 19.2 Å². The van der Waals surface area contributed by atoms with Crippen molar-refractivity contribution in [2.24, 2.45) is 0 Å². The van der Waals surface area contributed by atoms with Gasteiger partial charge in [-0.25, -0.2) is 4.98 Å². The van der Waals surface area contributed by atoms with Crippen LogP contribution in [0.25, 0.3) is 11.0 Å². The van der Waals surface area contributed by atoms with Crippen LogP contribution in [0.1, 0.15) is 10.5 Å². The number of ether oxygens (including phenoxy) is 3. The summed E-state index contributed by atoms with van der Waals surface area (Å²) in [5.41, 5.74) is 2.70. The molecule has 9 heteroatoms. The minimum absolute atomic E-state index is 0.230. The SMILES string of the molecule is CNC(=O)c1cc(Oc2ccc3nc(Nc4ccc5c(c4)OCO5)[nH]c3c2)ccn1. The van der Waals surface area contributed by atoms with Gasteiger partial charge in [0.25, 0.3) is 5.91 Å². The highest BCUT2D eigenvalue weighted by molar-refractivity contribution is 5.92. The lowest BCUT2D eigenvalue weighted by Crippen LogP contribution is -2.18. The molecule has 0 fully saturated rings. The smallest absolute Gasteiger partial charge is 0.269 e. The average Bonchev–Trinajstić information content (AvgIpc) is 3.39. The highest BCUT2D eigenvalue weighted by Gasteiger charge is 2.14. The molecule has 1 amide bonds. The van der Waals surface area contributed by atoms with Crippen LogP contribution in [0.2, 0.25) is 0 Å². The molecule has 3 N–H and O–H groups in total. The highest BCUT2D eigenvalue weighted by Crippen LogP contribution is 2.35. The molecule has 2 aromatic heterocycles. The Balaban J connectivity index is 1.36. The molecule has 4 aromatic rings. The quantitative estimate of drug-likeness (QED) is 0.467. The van der Waals surface area contributed by atoms with Gasteiger partial charge in [0.1, 0.15) is 17.2 Å². The molecular weight excluding hydrogens is 386 g/mol. The average molecular weight is 403 g/mol. The third-order valence-electron chi connectivity index (χ3n) is 4.52. The van der Waals surface area contributed by atoms with Gasteiger partial charge in [0, 0.05) is 37.1 Å². The Morgan fingerprint density at radius 1 is 1.07 bits per heavy atom. The van der Waals surface area contributed by atoms with E-state index in [9.17, 15) is 4.79 Å². The first-order valence-corrected chi connectivity index (χ1v) is 9.20. The third-order valence-corrected chi connectivity index (χ3v) is 4.52. The summed E-state index contributed by atoms with van der Waals surface area (Å²) in [6, 6.07) is 14.4. The van der Waals surface area contributed by atoms with E-state index in [-0.39, 0.29) is 18.4 Å². The fourth-order valence-electron chi connectivity index (χ4n) is 3.09. The van der Waals surface area contributed by atoms with E-state index >= 15 is 0 Å². The van der Waals surface area contributed by atoms with E-state index in [1.165, 1.54) is 6.20 Å². The molecule has 9 nitrogen and oxygen atoms in total. The van der Waals surface area contributed by atoms with Crippen molar-refractivity contribution in [1.82, 2.24) is 20.3 Å². The monoisotopic (exact) mass is 403 g/mol. The van der Waals surface area contributed by atoms with Crippen molar-refractivity contribution in [3.8, 4) is 23.0 Å². The number of aromatic amines is 1. The summed E-state index contributed by atoms with van der Waals surface area (Å²) < 4.78 is 16.6. The summed E-state index contributed by atoms with van der Waals surface area (Å²) in [7, 11) is 1.55. The molecule has 30 heavy (non-hydrogen) atoms. The van der Waals surface area contributed by atoms with Crippen LogP contribution in [0.3, 0.4) is 0 Å². The van der Waals surface area contributed by atoms with E-state index in [0.29, 0.717) is 23.2 Å². The van der Waals surface area contributed by atoms with Crippen molar-refractivity contribution in [2.45, 2.75) is 0 Å². The van der Waals surface area contributed by atoms with Crippen LogP contribution in [0.4, 0.5) is 11.6 Å². The zero-order chi connectivity index (χ0) is 20.5. The summed E-state index contributed by atoms with van der Waals surface area (Å²) in [6.45, 7) is 0.230. The maximum absolute atomic E-state index is 11.7. The largest absolute Gasteiger partial charge is 0.457 e. The van der Waals surface area contributed by atoms with Gasteiger partial charge in [-0.3, -0.25) is 9.78 Å². The number of aromatic nitrogens is 3. The number of anilines is 2. The van der Waals surface area contributed by atoms with E-state index in [4.69, 9.17) is 14.2 Å². The van der Waals surface area contributed by atoms with Crippen molar-refractivity contribution in [1.29, 1.82) is 0 Å². The Labute approximate surface area is 171 Å². The standard InChI is InChI=1S/C21H17N5O4/c1-22-20(27)17-10-14(6-7-23-17)30-13-3-4-15-16(9-13)26-21(25-15)24-12-2-5-18-19(8-12)29-11-28-18/h2-10H,11H2,1H3,(H,22,27)(H2,24,25,26). The second-order valence-electron chi connectivity index (χ2n) is 6.52. The van der Waals surface area contributed by atoms with Gasteiger partial charge >= 0.3 is 0 Å². The van der Waals surface area contributed by atoms with E-state index in [1.807, 2.05) is 36.4 Å². The van der Waals surface area contributed by atoms with Gasteiger partial charge in [-0.05, 0) is 30.3 Å². The van der Waals surface area contributed by atoms with Crippen molar-refractivity contribution < 1.29 is 19.0 Å². The van der Waals surface area contributed by atoms with Crippen LogP contribution < -0.4 is 24.8 Å². The van der Waals surface area contributed by atoms with E-state index < -0.39 is 0 Å². The van der Waals surface area contributed by atoms with Crippen LogP contribution in [-0.4, -0.2) is 34.7 Å². The Bertz CT molecular complexity index is 1250. The lowest BCUT2D eigenvalue weighted by atomic mass is 10.3. The zero-order valence-electron chi connectivity index (χ0n) is 15.9. The minimum atomic E-state index is -0.274. The van der Waals surface area contributed by atoms with Gasteiger partial charge in [-0.1, -0.05) is 0 Å². The molecule has 0 radical (unpaired) electrons. The number of fused-ring (bicyclic) bond motifs is 2. The van der Waals surface area contributed by atoms with Gasteiger partial charge in [-0.15, -0.1) is 0 Å². The molecule has 1 aliphatic rings. The van der Waals surface area contributed by atoms with E-state index in [1.54, 1.807) is 19.2 Å². The summed E-state index contributed by atoms with van der Waals surface area (Å²) in [5, 5.41) is 5.76. The number of amides is 1. The Hall–Kier alpha value is -4.27. The molecular formula is C21H17N5O4. The summed E-state index contributed by atoms with van der Waals surface area (Å²) >= 11 is 0. The maximum Gasteiger partial charge on any atom is 0.269 e. The first-order chi connectivity index (χ1) is 14.7. The topological polar surface area (TPSA) is 110 Å². The predicted molar refractivity (Wildman–Crippen MR) is 110 cm³/mol. The molecule has 0 bridgehead atoms. The third kappa shape index (κ3) is 3.44. The number of H-pyrrole nitrogens is 1. The number of hydrogen-bond acceptors (Lipinski definition) is 7. The van der Waals surface area contributed by atoms with Gasteiger partial charge in [0.15, 0.2) is 11.5 Å². The van der Waals surface area contributed by atoms with Gasteiger partial charge in [0.05, 0.1) is 11.0 Å². The molecule has 0 atom stereocenters. The van der Waals surface area contributed by atoms with Crippen LogP contribution in [0.15, 0.2) is 54.7 Å². The lowest BCUT2D eigenvalue weighted by molar-refractivity contribution is 0.0958. The summed E-state index contributed by atoms with van der Waals surface area (Å²) in [5.74, 6) is 2.86. The molecule has 3 heterocycles. The van der Waals surface area contributed by atoms with Crippen molar-refractivity contribution >= 4 is 28.6 Å². The molecule has 150 valence electrons. The number of benzene rings is 2. The molecule has 1 aliphatic heterocycles. The number of nitrogens with one attached hydrogen (secondary N) is 3. The lowest BCUT2D eigenvalue weighted by Gasteiger charge is -2.06. The van der Waals surface area contributed by atoms with Gasteiger partial charge < -0.3 is 29.8 Å². The molecule has 5 rings (SSSR count). The normalized spacial score (nSPS) is 12.0. The summed E-state index contributed by atoms with van der Waals surface area (Å²) in [6.07, 6.45) is 1.53. The zero-order valence-corrected chi connectivity index (χ0v) is 15.9. The van der Waals surface area contributed by atoms with E-state index in [0.717, 1.165) is 22.5 Å². The number of rotatable bonds is 5. The first-order valence-electron chi connectivity index (χ1n) is 9.20. The van der Waals surface area contributed by atoms with E-state index in [2.05, 4.69) is 25.6 Å². The molecule has 0 unspecified atom stereocenters. The van der Waals surface area contributed by atoms with Crippen molar-refractivity contribution in [3.05, 3.63) is 60.4 Å². The van der Waals surface area contributed by atoms with Crippen LogP contribution in [0, 0.1) is 0 Å². The fourth-order valence-corrected chi connectivity index (χ4v) is 3.09. The number of carbonyl (C=O) groups is 1. The summed E-state index contributed by atoms with van der Waals surface area (Å²) in [4.78, 5) is 23.5. The molecule has 2 aromatic carbocycles. The number of pyridine rings is 1. The number of nitrogens with zero attached hydrogens (tertiary/aromatic N) is 2. The molecule has 0 saturated carbocycles. The molecule has 0 aliphatic carbocycles. The van der Waals surface area contributed by atoms with Gasteiger partial charge in [-0.2, -0.15) is 0 Å². The number of hydrogen-bond donors (Lipinski definition) is 3. The van der Waals surface area contributed by atoms with Crippen LogP contribution in [0.5, 0.6) is 23.0 Å². The van der Waals surface area contributed by atoms with Crippen molar-refractivity contribution in [3.63, 3.8) is 0 Å². The number of carbonyl (C=O) groups excluding carboxylic acids is 1. The minimum Gasteiger partial charge on any atom is -0.457 e. The van der Waals surface area contributed by atoms with Gasteiger partial charge in [0.2, 0.25) is 12.7 Å². The van der Waals surface area contributed by atoms with Crippen LogP contribution >= 0.6 is 0 Å². The second kappa shape index (κ2) is 7.28. The fraction of sp³-hybridized carbons (Fsp3) is 0.0952. The molecule has 0 spiro atoms. The predicted octanol–water partition coefficient (Wildman–Crippen LogP) is 3.58. The maximum atomic E-state index is 11.7. The number of imidazole rings is 1. The molecule has 0 saturated heterocycles. The Morgan fingerprint density at radius 2 is 1.93 bits per heavy atom. The Kier molecular flexibility index (Phi) is 4.32. The second-order valence-corrected chi connectivity index (χ2v) is 6.52. The Morgan fingerprint density at radius 3 is 2.83 bits per heavy atom. The van der Waals surface area contributed by atoms with Crippen LogP contribution in [-0.2, 0) is 0 Å². The highest BCUT2D eigenvalue weighted by atomic mass is 16.7. The first kappa shape index (κ1) is 17.8.